The Morgan fingerprint density at radius 2 is 1.67 bits per heavy atom. The lowest BCUT2D eigenvalue weighted by molar-refractivity contribution is -0.176. The molecular weight excluding hydrogens is 667 g/mol. The molecule has 1 aromatic carbocycles. The molecule has 4 bridgehead atoms. The predicted molar refractivity (Wildman–Crippen MR) is 191 cm³/mol. The average Bonchev–Trinajstić information content (AvgIpc) is 3.37. The van der Waals surface area contributed by atoms with Crippen molar-refractivity contribution in [1.29, 1.82) is 0 Å². The molecule has 1 aromatic rings. The fraction of sp³-hybridized carbons (Fsp3) is 0.721. The van der Waals surface area contributed by atoms with Crippen LogP contribution in [0.15, 0.2) is 48.1 Å². The van der Waals surface area contributed by atoms with Gasteiger partial charge in [-0.1, -0.05) is 58.1 Å². The van der Waals surface area contributed by atoms with Crippen LogP contribution in [0.5, 0.6) is 0 Å². The highest BCUT2D eigenvalue weighted by Gasteiger charge is 2.74. The lowest BCUT2D eigenvalue weighted by Crippen LogP contribution is -2.67. The van der Waals surface area contributed by atoms with Crippen LogP contribution in [0.2, 0.25) is 0 Å². The smallest absolute Gasteiger partial charge is 0.416 e. The van der Waals surface area contributed by atoms with E-state index in [4.69, 9.17) is 4.74 Å². The van der Waals surface area contributed by atoms with Gasteiger partial charge in [-0.15, -0.1) is 0 Å². The second-order valence-corrected chi connectivity index (χ2v) is 19.0. The van der Waals surface area contributed by atoms with Gasteiger partial charge in [0.1, 0.15) is 0 Å². The predicted octanol–water partition coefficient (Wildman–Crippen LogP) is 9.01. The highest BCUT2D eigenvalue weighted by molar-refractivity contribution is 6.10. The molecule has 10 rings (SSSR count). The van der Waals surface area contributed by atoms with Gasteiger partial charge in [-0.2, -0.15) is 13.2 Å². The molecule has 0 aliphatic heterocycles. The number of carbonyl (C=O) groups excluding carboxylic acids is 2. The minimum atomic E-state index is -4.59. The largest absolute Gasteiger partial charge is 0.450 e. The number of halogens is 3. The molecule has 284 valence electrons. The summed E-state index contributed by atoms with van der Waals surface area (Å²) in [5, 5.41) is 24.0. The normalized spacial score (nSPS) is 43.8. The summed E-state index contributed by atoms with van der Waals surface area (Å²) in [4.78, 5) is 30.3. The Morgan fingerprint density at radius 1 is 0.962 bits per heavy atom. The van der Waals surface area contributed by atoms with E-state index in [0.717, 1.165) is 43.7 Å². The Hall–Kier alpha value is -2.65. The summed E-state index contributed by atoms with van der Waals surface area (Å²) in [6, 6.07) is 4.74. The van der Waals surface area contributed by atoms with Crippen LogP contribution in [-0.2, 0) is 10.9 Å². The summed E-state index contributed by atoms with van der Waals surface area (Å²) >= 11 is 0. The lowest BCUT2D eigenvalue weighted by atomic mass is 9.32. The number of ether oxygens (including phenoxy) is 1. The van der Waals surface area contributed by atoms with Crippen molar-refractivity contribution < 1.29 is 37.7 Å². The monoisotopic (exact) mass is 723 g/mol. The first-order valence-corrected chi connectivity index (χ1v) is 19.8. The number of carbonyl (C=O) groups is 2. The highest BCUT2D eigenvalue weighted by Crippen LogP contribution is 2.78. The molecule has 6 nitrogen and oxygen atoms in total. The van der Waals surface area contributed by atoms with Crippen LogP contribution in [0, 0.1) is 56.7 Å². The van der Waals surface area contributed by atoms with Gasteiger partial charge < -0.3 is 19.8 Å². The van der Waals surface area contributed by atoms with Crippen molar-refractivity contribution in [3.05, 3.63) is 59.2 Å². The van der Waals surface area contributed by atoms with E-state index in [2.05, 4.69) is 39.8 Å². The Bertz CT molecular complexity index is 1720. The van der Waals surface area contributed by atoms with E-state index in [-0.39, 0.29) is 41.4 Å². The van der Waals surface area contributed by atoms with E-state index in [1.165, 1.54) is 18.6 Å². The topological polar surface area (TPSA) is 87.1 Å². The summed E-state index contributed by atoms with van der Waals surface area (Å²) in [6.45, 7) is 11.8. The van der Waals surface area contributed by atoms with Gasteiger partial charge in [0.15, 0.2) is 5.78 Å². The first-order chi connectivity index (χ1) is 24.4. The second-order valence-electron chi connectivity index (χ2n) is 19.0. The van der Waals surface area contributed by atoms with Crippen LogP contribution >= 0.6 is 0 Å². The molecule has 9 aliphatic carbocycles. The Kier molecular flexibility index (Phi) is 8.16. The minimum absolute atomic E-state index is 0.00451. The molecule has 52 heavy (non-hydrogen) atoms. The standard InChI is InChI=1S/C43H56F3NO5/c1-6-52-36(50)47(24-27-10-11-28-21-31(27)37(28,2)3)25-41(51)17-14-34-39(41,5)16-13-33-38(4)15-12-30(48)22-40(38)18-19-42(33,34)32(23-40)35(49)26-8-7-9-29(20-26)43(44,45)46/h7-9,18-20,23,27-28,30-31,33-34,48,51H,6,10-17,21-22,24-25H2,1-5H3/t27-,28-,30?,31-,33+,34+,38+,39-,40-,41+,42+/m0/s1. The number of benzene rings is 1. The van der Waals surface area contributed by atoms with Gasteiger partial charge in [0.05, 0.1) is 30.4 Å². The SMILES string of the molecule is CCOC(=O)N(C[C@@H]1CC[C@H]2C[C@@H]1C2(C)C)C[C@]1(O)CC[C@H]2[C@]34C=C[C@@]5(C=C3C(=O)c3cccc(C(F)(F)F)c3)CC(O)CC[C@]5(C)[C@H]4CC[C@@]21C. The van der Waals surface area contributed by atoms with Crippen molar-refractivity contribution in [2.24, 2.45) is 56.7 Å². The Labute approximate surface area is 306 Å². The molecule has 9 aliphatic rings. The number of aliphatic hydroxyl groups excluding tert-OH is 1. The van der Waals surface area contributed by atoms with E-state index < -0.39 is 51.6 Å². The maximum atomic E-state index is 14.8. The third kappa shape index (κ3) is 4.81. The van der Waals surface area contributed by atoms with E-state index >= 15 is 0 Å². The second kappa shape index (κ2) is 11.7. The van der Waals surface area contributed by atoms with Crippen LogP contribution < -0.4 is 0 Å². The quantitative estimate of drug-likeness (QED) is 0.217. The van der Waals surface area contributed by atoms with Crippen LogP contribution in [-0.4, -0.2) is 58.4 Å². The van der Waals surface area contributed by atoms with Crippen molar-refractivity contribution in [3.63, 3.8) is 0 Å². The van der Waals surface area contributed by atoms with E-state index in [1.54, 1.807) is 11.8 Å². The first-order valence-electron chi connectivity index (χ1n) is 19.8. The molecule has 9 heteroatoms. The number of nitrogens with zero attached hydrogens (tertiary/aromatic N) is 1. The first kappa shape index (κ1) is 36.3. The van der Waals surface area contributed by atoms with E-state index in [1.807, 2.05) is 6.08 Å². The maximum Gasteiger partial charge on any atom is 0.416 e. The van der Waals surface area contributed by atoms with Crippen molar-refractivity contribution in [1.82, 2.24) is 4.90 Å². The van der Waals surface area contributed by atoms with Gasteiger partial charge in [-0.05, 0) is 124 Å². The summed E-state index contributed by atoms with van der Waals surface area (Å²) < 4.78 is 47.3. The number of Topliss-reactive ketones (excluding diaryl/α,β-unsaturated/α-hetero) is 1. The van der Waals surface area contributed by atoms with Gasteiger partial charge in [-0.3, -0.25) is 4.79 Å². The summed E-state index contributed by atoms with van der Waals surface area (Å²) in [6.07, 6.45) is 8.63. The molecule has 1 unspecified atom stereocenters. The van der Waals surface area contributed by atoms with Crippen LogP contribution in [0.3, 0.4) is 0 Å². The van der Waals surface area contributed by atoms with Crippen molar-refractivity contribution in [3.8, 4) is 0 Å². The zero-order valence-electron chi connectivity index (χ0n) is 31.4. The summed E-state index contributed by atoms with van der Waals surface area (Å²) in [5.74, 6) is 0.997. The number of amides is 1. The Balaban J connectivity index is 1.18. The molecule has 0 radical (unpaired) electrons. The molecule has 0 heterocycles. The zero-order chi connectivity index (χ0) is 37.3. The maximum absolute atomic E-state index is 14.8. The number of ketones is 1. The third-order valence-electron chi connectivity index (χ3n) is 16.8. The van der Waals surface area contributed by atoms with Gasteiger partial charge in [-0.25, -0.2) is 4.79 Å². The molecule has 11 atom stereocenters. The minimum Gasteiger partial charge on any atom is -0.450 e. The number of rotatable bonds is 7. The Morgan fingerprint density at radius 3 is 2.37 bits per heavy atom. The van der Waals surface area contributed by atoms with Crippen molar-refractivity contribution in [2.75, 3.05) is 19.7 Å². The van der Waals surface area contributed by atoms with Gasteiger partial charge in [0.25, 0.3) is 0 Å². The summed E-state index contributed by atoms with van der Waals surface area (Å²) in [7, 11) is 0. The van der Waals surface area contributed by atoms with Crippen molar-refractivity contribution >= 4 is 11.9 Å². The molecular formula is C43H56F3NO5. The number of hydrogen-bond acceptors (Lipinski definition) is 5. The number of hydrogen-bond donors (Lipinski definition) is 2. The molecule has 6 fully saturated rings. The van der Waals surface area contributed by atoms with Crippen LogP contribution in [0.4, 0.5) is 18.0 Å². The fourth-order valence-corrected chi connectivity index (χ4v) is 13.8. The third-order valence-corrected chi connectivity index (χ3v) is 16.8. The van der Waals surface area contributed by atoms with Crippen molar-refractivity contribution in [2.45, 2.75) is 117 Å². The summed E-state index contributed by atoms with van der Waals surface area (Å²) in [5.41, 5.74) is -3.73. The highest BCUT2D eigenvalue weighted by atomic mass is 19.4. The van der Waals surface area contributed by atoms with Gasteiger partial charge >= 0.3 is 12.3 Å². The zero-order valence-corrected chi connectivity index (χ0v) is 31.4. The molecule has 6 saturated carbocycles. The molecule has 1 amide bonds. The lowest BCUT2D eigenvalue weighted by Gasteiger charge is -2.71. The van der Waals surface area contributed by atoms with E-state index in [0.29, 0.717) is 56.1 Å². The average molecular weight is 724 g/mol. The van der Waals surface area contributed by atoms with Crippen LogP contribution in [0.25, 0.3) is 0 Å². The number of alkyl halides is 3. The molecule has 2 spiro atoms. The van der Waals surface area contributed by atoms with Crippen LogP contribution in [0.1, 0.15) is 115 Å². The van der Waals surface area contributed by atoms with E-state index in [9.17, 15) is 33.0 Å². The molecule has 0 saturated heterocycles. The molecule has 2 N–H and O–H groups in total. The number of fused-ring (bicyclic) bond motifs is 3. The van der Waals surface area contributed by atoms with Gasteiger partial charge in [0, 0.05) is 33.9 Å². The molecule has 0 aromatic heterocycles. The number of allylic oxidation sites excluding steroid dienone is 4. The number of aliphatic hydroxyl groups is 2. The van der Waals surface area contributed by atoms with Gasteiger partial charge in [0.2, 0.25) is 0 Å². The fourth-order valence-electron chi connectivity index (χ4n) is 13.8.